The second-order valence-electron chi connectivity index (χ2n) is 4.67. The van der Waals surface area contributed by atoms with E-state index in [0.717, 1.165) is 11.3 Å². The molecule has 0 aliphatic carbocycles. The highest BCUT2D eigenvalue weighted by Crippen LogP contribution is 2.15. The molecule has 0 saturated carbocycles. The number of para-hydroxylation sites is 1. The summed E-state index contributed by atoms with van der Waals surface area (Å²) in [6.45, 7) is 0.218. The first-order valence-corrected chi connectivity index (χ1v) is 6.86. The first-order chi connectivity index (χ1) is 10.3. The molecular weight excluding hydrogens is 260 g/mol. The maximum absolute atomic E-state index is 11.9. The molecule has 3 heteroatoms. The van der Waals surface area contributed by atoms with Crippen LogP contribution in [0.2, 0.25) is 0 Å². The largest absolute Gasteiger partial charge is 0.325 e. The van der Waals surface area contributed by atoms with E-state index in [4.69, 9.17) is 6.42 Å². The van der Waals surface area contributed by atoms with E-state index in [1.165, 1.54) is 0 Å². The monoisotopic (exact) mass is 278 g/mol. The van der Waals surface area contributed by atoms with E-state index >= 15 is 0 Å². The van der Waals surface area contributed by atoms with Gasteiger partial charge in [-0.1, -0.05) is 48.5 Å². The third-order valence-corrected chi connectivity index (χ3v) is 3.09. The van der Waals surface area contributed by atoms with Crippen LogP contribution in [0.15, 0.2) is 60.7 Å². The number of carbonyl (C=O) groups is 1. The Labute approximate surface area is 125 Å². The van der Waals surface area contributed by atoms with Crippen LogP contribution in [-0.4, -0.2) is 12.5 Å². The van der Waals surface area contributed by atoms with Gasteiger partial charge in [0.1, 0.15) is 0 Å². The Bertz CT molecular complexity index is 602. The average Bonchev–Trinajstić information content (AvgIpc) is 2.53. The van der Waals surface area contributed by atoms with Gasteiger partial charge in [-0.25, -0.2) is 0 Å². The van der Waals surface area contributed by atoms with Gasteiger partial charge in [0.05, 0.1) is 6.54 Å². The second kappa shape index (κ2) is 7.88. The van der Waals surface area contributed by atoms with Gasteiger partial charge in [-0.2, -0.15) is 0 Å². The molecule has 3 nitrogen and oxygen atoms in total. The Kier molecular flexibility index (Phi) is 5.57. The number of rotatable bonds is 6. The molecule has 0 spiro atoms. The first kappa shape index (κ1) is 14.8. The van der Waals surface area contributed by atoms with E-state index in [2.05, 4.69) is 16.6 Å². The number of anilines is 1. The van der Waals surface area contributed by atoms with Crippen LogP contribution in [0.5, 0.6) is 0 Å². The van der Waals surface area contributed by atoms with Crippen LogP contribution < -0.4 is 10.6 Å². The lowest BCUT2D eigenvalue weighted by Crippen LogP contribution is -2.31. The van der Waals surface area contributed by atoms with Crippen molar-refractivity contribution in [3.05, 3.63) is 66.2 Å². The van der Waals surface area contributed by atoms with E-state index in [-0.39, 0.29) is 18.5 Å². The predicted octanol–water partition coefficient (Wildman–Crippen LogP) is 2.98. The Balaban J connectivity index is 1.90. The maximum Gasteiger partial charge on any atom is 0.238 e. The minimum atomic E-state index is -0.0841. The molecule has 0 aliphatic rings. The minimum Gasteiger partial charge on any atom is -0.325 e. The molecule has 0 aromatic heterocycles. The molecule has 0 fully saturated rings. The van der Waals surface area contributed by atoms with Crippen molar-refractivity contribution in [1.82, 2.24) is 5.32 Å². The summed E-state index contributed by atoms with van der Waals surface area (Å²) in [5.74, 6) is 2.56. The Morgan fingerprint density at radius 1 is 1.05 bits per heavy atom. The average molecular weight is 278 g/mol. The number of hydrogen-bond donors (Lipinski definition) is 2. The van der Waals surface area contributed by atoms with Crippen LogP contribution in [0.3, 0.4) is 0 Å². The highest BCUT2D eigenvalue weighted by molar-refractivity contribution is 5.92. The summed E-state index contributed by atoms with van der Waals surface area (Å²) in [6, 6.07) is 19.3. The standard InChI is InChI=1S/C18H18N2O/c1-2-9-17(15-10-5-3-6-11-15)19-14-18(21)20-16-12-7-4-8-13-16/h1,3-8,10-13,17,19H,9,14H2,(H,20,21)/t17-/m0/s1. The number of hydrogen-bond acceptors (Lipinski definition) is 2. The summed E-state index contributed by atoms with van der Waals surface area (Å²) in [7, 11) is 0. The van der Waals surface area contributed by atoms with Gasteiger partial charge in [-0.05, 0) is 17.7 Å². The van der Waals surface area contributed by atoms with Crippen LogP contribution in [0.25, 0.3) is 0 Å². The van der Waals surface area contributed by atoms with Crippen LogP contribution >= 0.6 is 0 Å². The molecule has 2 aromatic carbocycles. The fourth-order valence-electron chi connectivity index (χ4n) is 2.05. The summed E-state index contributed by atoms with van der Waals surface area (Å²) < 4.78 is 0. The number of amides is 1. The molecular formula is C18H18N2O. The molecule has 2 rings (SSSR count). The van der Waals surface area contributed by atoms with Crippen molar-refractivity contribution >= 4 is 11.6 Å². The van der Waals surface area contributed by atoms with E-state index in [1.54, 1.807) is 0 Å². The summed E-state index contributed by atoms with van der Waals surface area (Å²) >= 11 is 0. The fourth-order valence-corrected chi connectivity index (χ4v) is 2.05. The number of carbonyl (C=O) groups excluding carboxylic acids is 1. The zero-order chi connectivity index (χ0) is 14.9. The van der Waals surface area contributed by atoms with Crippen LogP contribution in [0.4, 0.5) is 5.69 Å². The second-order valence-corrected chi connectivity index (χ2v) is 4.67. The third kappa shape index (κ3) is 4.79. The lowest BCUT2D eigenvalue weighted by Gasteiger charge is -2.16. The van der Waals surface area contributed by atoms with Crippen LogP contribution in [-0.2, 0) is 4.79 Å². The van der Waals surface area contributed by atoms with Crippen molar-refractivity contribution in [3.63, 3.8) is 0 Å². The topological polar surface area (TPSA) is 41.1 Å². The molecule has 0 unspecified atom stereocenters. The Morgan fingerprint density at radius 3 is 2.29 bits per heavy atom. The zero-order valence-corrected chi connectivity index (χ0v) is 11.8. The molecule has 106 valence electrons. The maximum atomic E-state index is 11.9. The Morgan fingerprint density at radius 2 is 1.67 bits per heavy atom. The molecule has 0 saturated heterocycles. The normalized spacial score (nSPS) is 11.4. The van der Waals surface area contributed by atoms with Gasteiger partial charge >= 0.3 is 0 Å². The number of nitrogens with one attached hydrogen (secondary N) is 2. The minimum absolute atomic E-state index is 0.0160. The Hall–Kier alpha value is -2.57. The van der Waals surface area contributed by atoms with Crippen molar-refractivity contribution in [2.24, 2.45) is 0 Å². The van der Waals surface area contributed by atoms with Gasteiger partial charge in [0.25, 0.3) is 0 Å². The summed E-state index contributed by atoms with van der Waals surface area (Å²) in [4.78, 5) is 11.9. The molecule has 21 heavy (non-hydrogen) atoms. The van der Waals surface area contributed by atoms with E-state index in [0.29, 0.717) is 6.42 Å². The highest BCUT2D eigenvalue weighted by atomic mass is 16.1. The molecule has 1 amide bonds. The van der Waals surface area contributed by atoms with Gasteiger partial charge in [-0.3, -0.25) is 4.79 Å². The first-order valence-electron chi connectivity index (χ1n) is 6.86. The molecule has 2 N–H and O–H groups in total. The van der Waals surface area contributed by atoms with Crippen molar-refractivity contribution in [3.8, 4) is 12.3 Å². The third-order valence-electron chi connectivity index (χ3n) is 3.09. The lowest BCUT2D eigenvalue weighted by atomic mass is 10.0. The van der Waals surface area contributed by atoms with Gasteiger partial charge in [0, 0.05) is 18.2 Å². The number of benzene rings is 2. The summed E-state index contributed by atoms with van der Waals surface area (Å²) in [5.41, 5.74) is 1.88. The fraction of sp³-hybridized carbons (Fsp3) is 0.167. The lowest BCUT2D eigenvalue weighted by molar-refractivity contribution is -0.115. The SMILES string of the molecule is C#CC[C@H](NCC(=O)Nc1ccccc1)c1ccccc1. The highest BCUT2D eigenvalue weighted by Gasteiger charge is 2.11. The van der Waals surface area contributed by atoms with Gasteiger partial charge < -0.3 is 10.6 Å². The molecule has 0 heterocycles. The number of terminal acetylenes is 1. The van der Waals surface area contributed by atoms with Crippen molar-refractivity contribution in [2.75, 3.05) is 11.9 Å². The molecule has 0 bridgehead atoms. The van der Waals surface area contributed by atoms with E-state index < -0.39 is 0 Å². The van der Waals surface area contributed by atoms with E-state index in [9.17, 15) is 4.79 Å². The zero-order valence-electron chi connectivity index (χ0n) is 11.8. The van der Waals surface area contributed by atoms with Crippen LogP contribution in [0.1, 0.15) is 18.0 Å². The molecule has 1 atom stereocenters. The summed E-state index contributed by atoms with van der Waals surface area (Å²) in [6.07, 6.45) is 5.95. The predicted molar refractivity (Wildman–Crippen MR) is 85.7 cm³/mol. The van der Waals surface area contributed by atoms with E-state index in [1.807, 2.05) is 60.7 Å². The summed E-state index contributed by atoms with van der Waals surface area (Å²) in [5, 5.41) is 6.04. The van der Waals surface area contributed by atoms with Gasteiger partial charge in [0.2, 0.25) is 5.91 Å². The smallest absolute Gasteiger partial charge is 0.238 e. The van der Waals surface area contributed by atoms with Gasteiger partial charge in [-0.15, -0.1) is 12.3 Å². The molecule has 0 radical (unpaired) electrons. The molecule has 2 aromatic rings. The van der Waals surface area contributed by atoms with Crippen molar-refractivity contribution < 1.29 is 4.79 Å². The van der Waals surface area contributed by atoms with Crippen LogP contribution in [0, 0.1) is 12.3 Å². The quantitative estimate of drug-likeness (QED) is 0.798. The van der Waals surface area contributed by atoms with Gasteiger partial charge in [0.15, 0.2) is 0 Å². The molecule has 0 aliphatic heterocycles. The van der Waals surface area contributed by atoms with Crippen molar-refractivity contribution in [1.29, 1.82) is 0 Å². The van der Waals surface area contributed by atoms with Crippen molar-refractivity contribution in [2.45, 2.75) is 12.5 Å².